The van der Waals surface area contributed by atoms with Crippen LogP contribution in [-0.4, -0.2) is 52.2 Å². The molecule has 0 amide bonds. The van der Waals surface area contributed by atoms with Gasteiger partial charge in [-0.15, -0.1) is 0 Å². The zero-order chi connectivity index (χ0) is 22.1. The van der Waals surface area contributed by atoms with Crippen LogP contribution in [0.1, 0.15) is 29.0 Å². The first-order chi connectivity index (χ1) is 14.0. The van der Waals surface area contributed by atoms with Gasteiger partial charge in [-0.05, 0) is 54.4 Å². The van der Waals surface area contributed by atoms with Crippen LogP contribution in [0.25, 0.3) is 0 Å². The lowest BCUT2D eigenvalue weighted by Gasteiger charge is -2.33. The number of rotatable bonds is 7. The second-order valence-corrected chi connectivity index (χ2v) is 11.5. The Kier molecular flexibility index (Phi) is 7.13. The number of sulfonamides is 1. The van der Waals surface area contributed by atoms with Crippen molar-refractivity contribution in [3.63, 3.8) is 0 Å². The number of fused-ring (bicyclic) bond motifs is 1. The van der Waals surface area contributed by atoms with Crippen LogP contribution in [0, 0.1) is 0 Å². The summed E-state index contributed by atoms with van der Waals surface area (Å²) in [5.74, 6) is -0.618. The fourth-order valence-electron chi connectivity index (χ4n) is 3.57. The standard InChI is InChI=1S/C19H22Cl2N2O5S2/c1-23-11-17(16-9-14(20)10-19(21)18(16)12-23)13-4-2-5-15(8-13)30(27,28)22-6-3-7-29(24,25)26/h2,4-5,8-10,17,22H,3,6-7,11-12H2,1H3,(H,24,25,26). The number of nitrogens with one attached hydrogen (secondary N) is 1. The van der Waals surface area contributed by atoms with Crippen molar-refractivity contribution >= 4 is 43.3 Å². The Morgan fingerprint density at radius 3 is 2.60 bits per heavy atom. The summed E-state index contributed by atoms with van der Waals surface area (Å²) in [6.45, 7) is 1.25. The average molecular weight is 493 g/mol. The summed E-state index contributed by atoms with van der Waals surface area (Å²) in [5.41, 5.74) is 2.75. The summed E-state index contributed by atoms with van der Waals surface area (Å²) < 4.78 is 57.9. The van der Waals surface area contributed by atoms with Crippen molar-refractivity contribution in [2.45, 2.75) is 23.8 Å². The second kappa shape index (κ2) is 9.12. The van der Waals surface area contributed by atoms with Crippen LogP contribution in [-0.2, 0) is 26.7 Å². The van der Waals surface area contributed by atoms with Crippen molar-refractivity contribution in [2.75, 3.05) is 25.9 Å². The molecule has 164 valence electrons. The van der Waals surface area contributed by atoms with Crippen LogP contribution in [0.15, 0.2) is 41.3 Å². The highest BCUT2D eigenvalue weighted by molar-refractivity contribution is 7.89. The van der Waals surface area contributed by atoms with Gasteiger partial charge >= 0.3 is 0 Å². The second-order valence-electron chi connectivity index (χ2n) is 7.31. The Balaban J connectivity index is 1.87. The van der Waals surface area contributed by atoms with Crippen LogP contribution in [0.4, 0.5) is 0 Å². The van der Waals surface area contributed by atoms with E-state index in [9.17, 15) is 16.8 Å². The zero-order valence-corrected chi connectivity index (χ0v) is 19.3. The molecule has 1 aliphatic rings. The predicted molar refractivity (Wildman–Crippen MR) is 117 cm³/mol. The molecule has 2 aromatic carbocycles. The van der Waals surface area contributed by atoms with E-state index < -0.39 is 25.9 Å². The molecule has 0 saturated carbocycles. The highest BCUT2D eigenvalue weighted by atomic mass is 35.5. The van der Waals surface area contributed by atoms with Gasteiger partial charge in [-0.3, -0.25) is 4.55 Å². The molecule has 11 heteroatoms. The normalized spacial score (nSPS) is 17.7. The molecular weight excluding hydrogens is 471 g/mol. The minimum Gasteiger partial charge on any atom is -0.301 e. The van der Waals surface area contributed by atoms with Crippen LogP contribution in [0.3, 0.4) is 0 Å². The van der Waals surface area contributed by atoms with Gasteiger partial charge in [0.1, 0.15) is 0 Å². The van der Waals surface area contributed by atoms with E-state index in [2.05, 4.69) is 9.62 Å². The Bertz CT molecular complexity index is 1150. The van der Waals surface area contributed by atoms with Gasteiger partial charge in [-0.2, -0.15) is 8.42 Å². The summed E-state index contributed by atoms with van der Waals surface area (Å²) in [6, 6.07) is 10.2. The maximum atomic E-state index is 12.6. The summed E-state index contributed by atoms with van der Waals surface area (Å²) in [4.78, 5) is 2.19. The van der Waals surface area contributed by atoms with Crippen molar-refractivity contribution in [3.05, 3.63) is 63.1 Å². The van der Waals surface area contributed by atoms with Gasteiger partial charge in [0.05, 0.1) is 10.6 Å². The molecular formula is C19H22Cl2N2O5S2. The first-order valence-corrected chi connectivity index (χ1v) is 13.0. The summed E-state index contributed by atoms with van der Waals surface area (Å²) in [6.07, 6.45) is -0.0322. The molecule has 0 fully saturated rings. The van der Waals surface area contributed by atoms with Gasteiger partial charge < -0.3 is 4.90 Å². The molecule has 30 heavy (non-hydrogen) atoms. The Hall–Kier alpha value is -1.20. The topological polar surface area (TPSA) is 104 Å². The lowest BCUT2D eigenvalue weighted by molar-refractivity contribution is 0.295. The summed E-state index contributed by atoms with van der Waals surface area (Å²) in [5, 5.41) is 1.11. The highest BCUT2D eigenvalue weighted by Gasteiger charge is 2.28. The molecule has 1 atom stereocenters. The van der Waals surface area contributed by atoms with Crippen molar-refractivity contribution in [2.24, 2.45) is 0 Å². The smallest absolute Gasteiger partial charge is 0.264 e. The van der Waals surface area contributed by atoms with E-state index in [0.29, 0.717) is 23.1 Å². The molecule has 1 heterocycles. The van der Waals surface area contributed by atoms with E-state index in [4.69, 9.17) is 27.8 Å². The quantitative estimate of drug-likeness (QED) is 0.454. The van der Waals surface area contributed by atoms with E-state index in [1.807, 2.05) is 19.2 Å². The molecule has 2 aromatic rings. The fraction of sp³-hybridized carbons (Fsp3) is 0.368. The van der Waals surface area contributed by atoms with Gasteiger partial charge in [-0.25, -0.2) is 13.1 Å². The van der Waals surface area contributed by atoms with E-state index in [1.165, 1.54) is 6.07 Å². The Labute approximate surface area is 186 Å². The molecule has 1 aliphatic heterocycles. The largest absolute Gasteiger partial charge is 0.301 e. The van der Waals surface area contributed by atoms with Crippen LogP contribution >= 0.6 is 23.2 Å². The van der Waals surface area contributed by atoms with E-state index in [1.54, 1.807) is 18.2 Å². The van der Waals surface area contributed by atoms with Crippen molar-refractivity contribution in [1.29, 1.82) is 0 Å². The van der Waals surface area contributed by atoms with Gasteiger partial charge in [0.15, 0.2) is 0 Å². The molecule has 3 rings (SSSR count). The molecule has 7 nitrogen and oxygen atoms in total. The molecule has 0 saturated heterocycles. The number of halogens is 2. The number of likely N-dealkylation sites (N-methyl/N-ethyl adjacent to an activating group) is 1. The third-order valence-corrected chi connectivity index (χ3v) is 7.75. The van der Waals surface area contributed by atoms with Gasteiger partial charge in [0, 0.05) is 35.6 Å². The number of benzene rings is 2. The zero-order valence-electron chi connectivity index (χ0n) is 16.2. The number of nitrogens with zero attached hydrogens (tertiary/aromatic N) is 1. The van der Waals surface area contributed by atoms with Gasteiger partial charge in [0.2, 0.25) is 10.0 Å². The van der Waals surface area contributed by atoms with Crippen molar-refractivity contribution < 1.29 is 21.4 Å². The molecule has 0 spiro atoms. The van der Waals surface area contributed by atoms with Crippen LogP contribution < -0.4 is 4.72 Å². The van der Waals surface area contributed by atoms with E-state index >= 15 is 0 Å². The Morgan fingerprint density at radius 1 is 1.17 bits per heavy atom. The number of hydrogen-bond donors (Lipinski definition) is 2. The maximum Gasteiger partial charge on any atom is 0.264 e. The molecule has 0 aromatic heterocycles. The molecule has 0 bridgehead atoms. The minimum atomic E-state index is -4.13. The first-order valence-electron chi connectivity index (χ1n) is 9.17. The monoisotopic (exact) mass is 492 g/mol. The van der Waals surface area contributed by atoms with Gasteiger partial charge in [-0.1, -0.05) is 35.3 Å². The highest BCUT2D eigenvalue weighted by Crippen LogP contribution is 2.38. The van der Waals surface area contributed by atoms with E-state index in [0.717, 1.165) is 16.7 Å². The lowest BCUT2D eigenvalue weighted by atomic mass is 9.85. The van der Waals surface area contributed by atoms with Gasteiger partial charge in [0.25, 0.3) is 10.1 Å². The predicted octanol–water partition coefficient (Wildman–Crippen LogP) is 3.13. The lowest BCUT2D eigenvalue weighted by Crippen LogP contribution is -2.31. The van der Waals surface area contributed by atoms with Crippen molar-refractivity contribution in [3.8, 4) is 0 Å². The minimum absolute atomic E-state index is 0.0322. The fourth-order valence-corrected chi connectivity index (χ4v) is 5.78. The molecule has 0 aliphatic carbocycles. The first kappa shape index (κ1) is 23.5. The third-order valence-electron chi connectivity index (χ3n) is 4.93. The summed E-state index contributed by atoms with van der Waals surface area (Å²) in [7, 11) is -6.00. The molecule has 2 N–H and O–H groups in total. The number of hydrogen-bond acceptors (Lipinski definition) is 5. The SMILES string of the molecule is CN1Cc2c(Cl)cc(Cl)cc2C(c2cccc(S(=O)(=O)NCCCS(=O)(=O)O)c2)C1. The third kappa shape index (κ3) is 5.73. The van der Waals surface area contributed by atoms with Crippen LogP contribution in [0.5, 0.6) is 0 Å². The molecule has 0 radical (unpaired) electrons. The summed E-state index contributed by atoms with van der Waals surface area (Å²) >= 11 is 12.6. The van der Waals surface area contributed by atoms with E-state index in [-0.39, 0.29) is 23.8 Å². The maximum absolute atomic E-state index is 12.6. The molecule has 1 unspecified atom stereocenters. The van der Waals surface area contributed by atoms with Crippen LogP contribution in [0.2, 0.25) is 10.0 Å². The van der Waals surface area contributed by atoms with Crippen molar-refractivity contribution in [1.82, 2.24) is 9.62 Å². The average Bonchev–Trinajstić information content (AvgIpc) is 2.65. The Morgan fingerprint density at radius 2 is 1.90 bits per heavy atom.